The van der Waals surface area contributed by atoms with E-state index in [1.54, 1.807) is 0 Å². The molecule has 23 heavy (non-hydrogen) atoms. The van der Waals surface area contributed by atoms with Gasteiger partial charge >= 0.3 is 11.7 Å². The summed E-state index contributed by atoms with van der Waals surface area (Å²) < 4.78 is 0.817. The summed E-state index contributed by atoms with van der Waals surface area (Å²) in [4.78, 5) is 51.7. The van der Waals surface area contributed by atoms with Crippen molar-refractivity contribution in [2.75, 3.05) is 0 Å². The first-order valence-electron chi connectivity index (χ1n) is 7.76. The third-order valence-corrected chi connectivity index (χ3v) is 5.02. The Hall–Kier alpha value is -2.38. The molecule has 2 aliphatic rings. The number of carboxylic acid groups (broad SMARTS) is 1. The van der Waals surface area contributed by atoms with Gasteiger partial charge in [-0.15, -0.1) is 0 Å². The molecular formula is C15H19N3O5. The van der Waals surface area contributed by atoms with Crippen LogP contribution < -0.4 is 11.2 Å². The number of aromatic amines is 1. The van der Waals surface area contributed by atoms with E-state index in [9.17, 15) is 24.3 Å². The van der Waals surface area contributed by atoms with Gasteiger partial charge < -0.3 is 15.0 Å². The number of carbonyl (C=O) groups excluding carboxylic acids is 1. The highest BCUT2D eigenvalue weighted by molar-refractivity contribution is 5.96. The Balaban J connectivity index is 2.02. The van der Waals surface area contributed by atoms with Crippen LogP contribution in [0.1, 0.15) is 42.5 Å². The first-order chi connectivity index (χ1) is 10.9. The number of aliphatic carboxylic acids is 1. The van der Waals surface area contributed by atoms with Gasteiger partial charge in [0.15, 0.2) is 0 Å². The molecule has 2 heterocycles. The van der Waals surface area contributed by atoms with Crippen LogP contribution in [0.5, 0.6) is 0 Å². The van der Waals surface area contributed by atoms with E-state index in [-0.39, 0.29) is 17.5 Å². The smallest absolute Gasteiger partial charge is 0.328 e. The Morgan fingerprint density at radius 3 is 2.65 bits per heavy atom. The molecule has 0 spiro atoms. The van der Waals surface area contributed by atoms with Gasteiger partial charge in [-0.2, -0.15) is 0 Å². The van der Waals surface area contributed by atoms with Crippen LogP contribution in [0, 0.1) is 5.92 Å². The molecule has 1 amide bonds. The average molecular weight is 321 g/mol. The molecule has 8 heteroatoms. The van der Waals surface area contributed by atoms with Crippen molar-refractivity contribution in [2.45, 2.75) is 44.2 Å². The van der Waals surface area contributed by atoms with Crippen molar-refractivity contribution in [2.24, 2.45) is 13.0 Å². The standard InChI is InChI=1S/C15H19N3O5/c1-17-12(19)9(7-16-15(17)23)13(20)18-10-5-3-2-4-8(10)6-11(18)14(21)22/h7-8,10-11H,2-6H2,1H3,(H,16,23)(H,21,22)/t8-,10+,11-/m0/s1. The highest BCUT2D eigenvalue weighted by Crippen LogP contribution is 2.40. The van der Waals surface area contributed by atoms with E-state index < -0.39 is 29.2 Å². The van der Waals surface area contributed by atoms with Crippen LogP contribution in [0.25, 0.3) is 0 Å². The number of fused-ring (bicyclic) bond motifs is 1. The summed E-state index contributed by atoms with van der Waals surface area (Å²) in [5.41, 5.74) is -1.51. The van der Waals surface area contributed by atoms with Gasteiger partial charge in [0.1, 0.15) is 11.6 Å². The van der Waals surface area contributed by atoms with Gasteiger partial charge in [0.25, 0.3) is 11.5 Å². The molecule has 0 bridgehead atoms. The van der Waals surface area contributed by atoms with Crippen molar-refractivity contribution in [3.05, 3.63) is 32.6 Å². The normalized spacial score (nSPS) is 26.8. The van der Waals surface area contributed by atoms with E-state index >= 15 is 0 Å². The van der Waals surface area contributed by atoms with Crippen molar-refractivity contribution in [1.82, 2.24) is 14.5 Å². The quantitative estimate of drug-likeness (QED) is 0.792. The molecule has 1 aromatic heterocycles. The lowest BCUT2D eigenvalue weighted by atomic mass is 9.84. The lowest BCUT2D eigenvalue weighted by Crippen LogP contribution is -2.49. The minimum Gasteiger partial charge on any atom is -0.480 e. The highest BCUT2D eigenvalue weighted by atomic mass is 16.4. The van der Waals surface area contributed by atoms with Crippen LogP contribution in [-0.4, -0.2) is 43.5 Å². The summed E-state index contributed by atoms with van der Waals surface area (Å²) in [6.45, 7) is 0. The van der Waals surface area contributed by atoms with Gasteiger partial charge in [0.2, 0.25) is 0 Å². The molecule has 124 valence electrons. The summed E-state index contributed by atoms with van der Waals surface area (Å²) >= 11 is 0. The minimum atomic E-state index is -1.05. The number of aromatic nitrogens is 2. The molecular weight excluding hydrogens is 302 g/mol. The van der Waals surface area contributed by atoms with Crippen molar-refractivity contribution in [3.63, 3.8) is 0 Å². The third-order valence-electron chi connectivity index (χ3n) is 5.02. The van der Waals surface area contributed by atoms with Crippen LogP contribution >= 0.6 is 0 Å². The lowest BCUT2D eigenvalue weighted by Gasteiger charge is -2.32. The fourth-order valence-electron chi connectivity index (χ4n) is 3.83. The largest absolute Gasteiger partial charge is 0.480 e. The van der Waals surface area contributed by atoms with Crippen LogP contribution in [0.4, 0.5) is 0 Å². The molecule has 8 nitrogen and oxygen atoms in total. The average Bonchev–Trinajstić information content (AvgIpc) is 2.92. The molecule has 2 N–H and O–H groups in total. The Bertz CT molecular complexity index is 765. The molecule has 2 fully saturated rings. The van der Waals surface area contributed by atoms with Crippen molar-refractivity contribution in [3.8, 4) is 0 Å². The SMILES string of the molecule is Cn1c(=O)[nH]cc(C(=O)N2[C@@H]3CCCC[C@H]3C[C@H]2C(=O)O)c1=O. The second kappa shape index (κ2) is 5.68. The Kier molecular flexibility index (Phi) is 3.83. The van der Waals surface area contributed by atoms with Crippen molar-refractivity contribution >= 4 is 11.9 Å². The van der Waals surface area contributed by atoms with Gasteiger partial charge in [0.05, 0.1) is 0 Å². The predicted molar refractivity (Wildman–Crippen MR) is 80.3 cm³/mol. The van der Waals surface area contributed by atoms with Crippen LogP contribution in [-0.2, 0) is 11.8 Å². The molecule has 1 aromatic rings. The van der Waals surface area contributed by atoms with Crippen LogP contribution in [0.15, 0.2) is 15.8 Å². The topological polar surface area (TPSA) is 112 Å². The molecule has 1 aliphatic heterocycles. The molecule has 1 aliphatic carbocycles. The number of H-pyrrole nitrogens is 1. The summed E-state index contributed by atoms with van der Waals surface area (Å²) in [5, 5.41) is 9.46. The number of nitrogens with zero attached hydrogens (tertiary/aromatic N) is 2. The molecule has 1 saturated carbocycles. The third kappa shape index (κ3) is 2.47. The highest BCUT2D eigenvalue weighted by Gasteiger charge is 2.48. The van der Waals surface area contributed by atoms with Gasteiger partial charge in [0, 0.05) is 19.3 Å². The maximum Gasteiger partial charge on any atom is 0.328 e. The van der Waals surface area contributed by atoms with Crippen molar-refractivity contribution < 1.29 is 14.7 Å². The number of rotatable bonds is 2. The second-order valence-corrected chi connectivity index (χ2v) is 6.29. The van der Waals surface area contributed by atoms with E-state index in [4.69, 9.17) is 0 Å². The van der Waals surface area contributed by atoms with Crippen LogP contribution in [0.3, 0.4) is 0 Å². The number of nitrogens with one attached hydrogen (secondary N) is 1. The van der Waals surface area contributed by atoms with Crippen LogP contribution in [0.2, 0.25) is 0 Å². The van der Waals surface area contributed by atoms with E-state index in [2.05, 4.69) is 4.98 Å². The Labute approximate surface area is 131 Å². The fourth-order valence-corrected chi connectivity index (χ4v) is 3.83. The Morgan fingerprint density at radius 2 is 1.96 bits per heavy atom. The number of hydrogen-bond donors (Lipinski definition) is 2. The first kappa shape index (κ1) is 15.5. The molecule has 3 rings (SSSR count). The maximum absolute atomic E-state index is 12.8. The zero-order valence-electron chi connectivity index (χ0n) is 12.8. The molecule has 3 atom stereocenters. The number of likely N-dealkylation sites (tertiary alicyclic amines) is 1. The van der Waals surface area contributed by atoms with E-state index in [0.29, 0.717) is 6.42 Å². The van der Waals surface area contributed by atoms with Gasteiger partial charge in [-0.25, -0.2) is 9.59 Å². The maximum atomic E-state index is 12.8. The predicted octanol–water partition coefficient (Wildman–Crippen LogP) is -0.0685. The number of carboxylic acids is 1. The minimum absolute atomic E-state index is 0.144. The summed E-state index contributed by atoms with van der Waals surface area (Å²) in [5.74, 6) is -1.49. The first-order valence-corrected chi connectivity index (χ1v) is 7.76. The monoisotopic (exact) mass is 321 g/mol. The lowest BCUT2D eigenvalue weighted by molar-refractivity contribution is -0.141. The summed E-state index contributed by atoms with van der Waals surface area (Å²) in [6, 6.07) is -1.05. The van der Waals surface area contributed by atoms with Gasteiger partial charge in [-0.3, -0.25) is 14.2 Å². The van der Waals surface area contributed by atoms with E-state index in [1.807, 2.05) is 0 Å². The summed E-state index contributed by atoms with van der Waals surface area (Å²) in [6.07, 6.45) is 5.15. The molecule has 1 saturated heterocycles. The molecule has 0 unspecified atom stereocenters. The van der Waals surface area contributed by atoms with Gasteiger partial charge in [-0.05, 0) is 25.2 Å². The van der Waals surface area contributed by atoms with Gasteiger partial charge in [-0.1, -0.05) is 12.8 Å². The number of hydrogen-bond acceptors (Lipinski definition) is 4. The number of carbonyl (C=O) groups is 2. The zero-order chi connectivity index (χ0) is 16.7. The summed E-state index contributed by atoms with van der Waals surface area (Å²) in [7, 11) is 1.28. The van der Waals surface area contributed by atoms with E-state index in [0.717, 1.165) is 36.4 Å². The number of amides is 1. The zero-order valence-corrected chi connectivity index (χ0v) is 12.8. The van der Waals surface area contributed by atoms with Crippen molar-refractivity contribution in [1.29, 1.82) is 0 Å². The molecule has 0 aromatic carbocycles. The molecule has 0 radical (unpaired) electrons. The van der Waals surface area contributed by atoms with E-state index in [1.165, 1.54) is 11.9 Å². The fraction of sp³-hybridized carbons (Fsp3) is 0.600. The second-order valence-electron chi connectivity index (χ2n) is 6.29. The Morgan fingerprint density at radius 1 is 1.26 bits per heavy atom.